The molecule has 16 heavy (non-hydrogen) atoms. The molecule has 0 saturated carbocycles. The highest BCUT2D eigenvalue weighted by Crippen LogP contribution is 2.15. The van der Waals surface area contributed by atoms with Crippen molar-refractivity contribution < 1.29 is 4.39 Å². The second kappa shape index (κ2) is 5.09. The van der Waals surface area contributed by atoms with Gasteiger partial charge in [0.15, 0.2) is 0 Å². The van der Waals surface area contributed by atoms with Gasteiger partial charge in [0.25, 0.3) is 0 Å². The van der Waals surface area contributed by atoms with Crippen molar-refractivity contribution in [3.05, 3.63) is 52.6 Å². The summed E-state index contributed by atoms with van der Waals surface area (Å²) in [6, 6.07) is 6.60. The normalized spacial score (nSPS) is 10.6. The van der Waals surface area contributed by atoms with Crippen molar-refractivity contribution >= 4 is 11.6 Å². The molecule has 0 fully saturated rings. The van der Waals surface area contributed by atoms with E-state index in [-0.39, 0.29) is 10.8 Å². The lowest BCUT2D eigenvalue weighted by molar-refractivity contribution is 0.624. The molecule has 0 aliphatic rings. The lowest BCUT2D eigenvalue weighted by Gasteiger charge is -2.04. The lowest BCUT2D eigenvalue weighted by Crippen LogP contribution is -2.12. The van der Waals surface area contributed by atoms with Crippen LogP contribution in [0, 0.1) is 5.82 Å². The van der Waals surface area contributed by atoms with E-state index >= 15 is 0 Å². The standard InChI is InChI=1S/C11H11ClFN3/c12-10-5-8(1-2-11(10)13)6-14-7-9-3-4-15-16-9/h1-5,14H,6-7H2,(H,15,16). The van der Waals surface area contributed by atoms with Gasteiger partial charge in [-0.25, -0.2) is 4.39 Å². The third kappa shape index (κ3) is 2.81. The summed E-state index contributed by atoms with van der Waals surface area (Å²) in [4.78, 5) is 0. The Morgan fingerprint density at radius 3 is 2.88 bits per heavy atom. The molecule has 84 valence electrons. The van der Waals surface area contributed by atoms with Crippen LogP contribution in [0.4, 0.5) is 4.39 Å². The molecule has 0 spiro atoms. The number of aromatic amines is 1. The van der Waals surface area contributed by atoms with Crippen LogP contribution in [0.15, 0.2) is 30.5 Å². The van der Waals surface area contributed by atoms with Crippen molar-refractivity contribution in [2.45, 2.75) is 13.1 Å². The molecule has 0 bridgehead atoms. The molecular weight excluding hydrogens is 229 g/mol. The second-order valence-corrected chi connectivity index (χ2v) is 3.84. The number of nitrogens with zero attached hydrogens (tertiary/aromatic N) is 1. The number of nitrogens with one attached hydrogen (secondary N) is 2. The molecule has 0 unspecified atom stereocenters. The third-order valence-electron chi connectivity index (χ3n) is 2.19. The van der Waals surface area contributed by atoms with Gasteiger partial charge in [0, 0.05) is 25.0 Å². The highest BCUT2D eigenvalue weighted by molar-refractivity contribution is 6.30. The van der Waals surface area contributed by atoms with Crippen LogP contribution in [0.25, 0.3) is 0 Å². The Morgan fingerprint density at radius 1 is 1.31 bits per heavy atom. The minimum absolute atomic E-state index is 0.154. The van der Waals surface area contributed by atoms with Gasteiger partial charge in [-0.05, 0) is 23.8 Å². The average molecular weight is 240 g/mol. The van der Waals surface area contributed by atoms with Gasteiger partial charge in [0.1, 0.15) is 5.82 Å². The van der Waals surface area contributed by atoms with E-state index in [1.807, 2.05) is 6.07 Å². The first-order valence-corrected chi connectivity index (χ1v) is 5.26. The zero-order valence-electron chi connectivity index (χ0n) is 8.50. The Hall–Kier alpha value is -1.39. The number of H-pyrrole nitrogens is 1. The zero-order valence-corrected chi connectivity index (χ0v) is 9.26. The molecular formula is C11H11ClFN3. The van der Waals surface area contributed by atoms with Crippen LogP contribution in [-0.2, 0) is 13.1 Å². The fraction of sp³-hybridized carbons (Fsp3) is 0.182. The maximum absolute atomic E-state index is 12.9. The van der Waals surface area contributed by atoms with Crippen LogP contribution in [0.5, 0.6) is 0 Å². The zero-order chi connectivity index (χ0) is 11.4. The second-order valence-electron chi connectivity index (χ2n) is 3.43. The topological polar surface area (TPSA) is 40.7 Å². The maximum atomic E-state index is 12.9. The number of hydrogen-bond donors (Lipinski definition) is 2. The molecule has 0 amide bonds. The third-order valence-corrected chi connectivity index (χ3v) is 2.48. The molecule has 2 rings (SSSR count). The molecule has 0 saturated heterocycles. The first-order chi connectivity index (χ1) is 7.75. The highest BCUT2D eigenvalue weighted by Gasteiger charge is 2.00. The van der Waals surface area contributed by atoms with Gasteiger partial charge in [-0.3, -0.25) is 5.10 Å². The number of aromatic nitrogens is 2. The monoisotopic (exact) mass is 239 g/mol. The summed E-state index contributed by atoms with van der Waals surface area (Å²) in [5.74, 6) is -0.390. The van der Waals surface area contributed by atoms with Crippen molar-refractivity contribution in [3.8, 4) is 0 Å². The summed E-state index contributed by atoms with van der Waals surface area (Å²) in [5, 5.41) is 10.0. The molecule has 5 heteroatoms. The smallest absolute Gasteiger partial charge is 0.141 e. The summed E-state index contributed by atoms with van der Waals surface area (Å²) >= 11 is 5.67. The highest BCUT2D eigenvalue weighted by atomic mass is 35.5. The summed E-state index contributed by atoms with van der Waals surface area (Å²) in [5.41, 5.74) is 1.96. The first kappa shape index (κ1) is 11.1. The lowest BCUT2D eigenvalue weighted by atomic mass is 10.2. The Bertz CT molecular complexity index is 456. The van der Waals surface area contributed by atoms with Gasteiger partial charge in [-0.1, -0.05) is 17.7 Å². The number of benzene rings is 1. The molecule has 2 aromatic rings. The van der Waals surface area contributed by atoms with Gasteiger partial charge >= 0.3 is 0 Å². The number of rotatable bonds is 4. The molecule has 3 nitrogen and oxygen atoms in total. The molecule has 2 N–H and O–H groups in total. The van der Waals surface area contributed by atoms with E-state index in [1.54, 1.807) is 18.3 Å². The van der Waals surface area contributed by atoms with E-state index in [0.717, 1.165) is 11.3 Å². The van der Waals surface area contributed by atoms with Gasteiger partial charge in [-0.2, -0.15) is 5.10 Å². The summed E-state index contributed by atoms with van der Waals surface area (Å²) in [6.07, 6.45) is 1.70. The Kier molecular flexibility index (Phi) is 3.54. The van der Waals surface area contributed by atoms with Gasteiger partial charge < -0.3 is 5.32 Å². The van der Waals surface area contributed by atoms with Crippen LogP contribution >= 0.6 is 11.6 Å². The van der Waals surface area contributed by atoms with E-state index < -0.39 is 0 Å². The van der Waals surface area contributed by atoms with Crippen molar-refractivity contribution in [1.29, 1.82) is 0 Å². The molecule has 0 aliphatic carbocycles. The first-order valence-electron chi connectivity index (χ1n) is 4.88. The Morgan fingerprint density at radius 2 is 2.19 bits per heavy atom. The largest absolute Gasteiger partial charge is 0.307 e. The molecule has 0 radical (unpaired) electrons. The van der Waals surface area contributed by atoms with E-state index in [9.17, 15) is 4.39 Å². The average Bonchev–Trinajstić information content (AvgIpc) is 2.76. The summed E-state index contributed by atoms with van der Waals surface area (Å²) in [7, 11) is 0. The quantitative estimate of drug-likeness (QED) is 0.861. The van der Waals surface area contributed by atoms with Crippen LogP contribution in [0.1, 0.15) is 11.3 Å². The summed E-state index contributed by atoms with van der Waals surface area (Å²) in [6.45, 7) is 1.33. The van der Waals surface area contributed by atoms with Crippen LogP contribution in [0.3, 0.4) is 0 Å². The van der Waals surface area contributed by atoms with E-state index in [2.05, 4.69) is 15.5 Å². The number of hydrogen-bond acceptors (Lipinski definition) is 2. The molecule has 0 atom stereocenters. The van der Waals surface area contributed by atoms with E-state index in [4.69, 9.17) is 11.6 Å². The minimum atomic E-state index is -0.390. The molecule has 1 aromatic heterocycles. The van der Waals surface area contributed by atoms with Crippen molar-refractivity contribution in [2.24, 2.45) is 0 Å². The summed E-state index contributed by atoms with van der Waals surface area (Å²) < 4.78 is 12.9. The van der Waals surface area contributed by atoms with E-state index in [0.29, 0.717) is 13.1 Å². The minimum Gasteiger partial charge on any atom is -0.307 e. The SMILES string of the molecule is Fc1ccc(CNCc2ccn[nH]2)cc1Cl. The van der Waals surface area contributed by atoms with Crippen LogP contribution < -0.4 is 5.32 Å². The Labute approximate surface area is 97.6 Å². The maximum Gasteiger partial charge on any atom is 0.141 e. The van der Waals surface area contributed by atoms with Crippen LogP contribution in [0.2, 0.25) is 5.02 Å². The van der Waals surface area contributed by atoms with Crippen molar-refractivity contribution in [2.75, 3.05) is 0 Å². The van der Waals surface area contributed by atoms with E-state index in [1.165, 1.54) is 6.07 Å². The van der Waals surface area contributed by atoms with Crippen molar-refractivity contribution in [1.82, 2.24) is 15.5 Å². The molecule has 1 aromatic carbocycles. The van der Waals surface area contributed by atoms with Crippen molar-refractivity contribution in [3.63, 3.8) is 0 Å². The fourth-order valence-electron chi connectivity index (χ4n) is 1.37. The Balaban J connectivity index is 1.87. The number of halogens is 2. The van der Waals surface area contributed by atoms with Crippen LogP contribution in [-0.4, -0.2) is 10.2 Å². The van der Waals surface area contributed by atoms with Gasteiger partial charge in [-0.15, -0.1) is 0 Å². The predicted molar refractivity (Wildman–Crippen MR) is 60.5 cm³/mol. The molecule has 0 aliphatic heterocycles. The van der Waals surface area contributed by atoms with Gasteiger partial charge in [0.05, 0.1) is 5.02 Å². The predicted octanol–water partition coefficient (Wildman–Crippen LogP) is 2.49. The molecule has 1 heterocycles. The van der Waals surface area contributed by atoms with Gasteiger partial charge in [0.2, 0.25) is 0 Å². The fourth-order valence-corrected chi connectivity index (χ4v) is 1.58.